The lowest BCUT2D eigenvalue weighted by Crippen LogP contribution is -2.30. The highest BCUT2D eigenvalue weighted by molar-refractivity contribution is 5.57. The van der Waals surface area contributed by atoms with Gasteiger partial charge in [-0.1, -0.05) is 0 Å². The van der Waals surface area contributed by atoms with Crippen molar-refractivity contribution in [1.82, 2.24) is 9.97 Å². The number of aliphatic hydroxyl groups is 1. The van der Waals surface area contributed by atoms with Gasteiger partial charge in [-0.2, -0.15) is 0 Å². The summed E-state index contributed by atoms with van der Waals surface area (Å²) in [7, 11) is 3.47. The molecule has 1 aliphatic carbocycles. The summed E-state index contributed by atoms with van der Waals surface area (Å²) in [5.41, 5.74) is 0.960. The molecular formula is C13H22N4O2. The SMILES string of the molecule is CNc1nc(C2CC2)nc(NC(CO)COC)c1C. The third-order valence-electron chi connectivity index (χ3n) is 3.27. The lowest BCUT2D eigenvalue weighted by molar-refractivity contribution is 0.153. The van der Waals surface area contributed by atoms with E-state index < -0.39 is 0 Å². The number of aromatic nitrogens is 2. The smallest absolute Gasteiger partial charge is 0.136 e. The van der Waals surface area contributed by atoms with Crippen LogP contribution in [0.4, 0.5) is 11.6 Å². The van der Waals surface area contributed by atoms with Gasteiger partial charge in [-0.25, -0.2) is 9.97 Å². The first-order valence-electron chi connectivity index (χ1n) is 6.62. The van der Waals surface area contributed by atoms with Gasteiger partial charge in [0.1, 0.15) is 17.5 Å². The maximum atomic E-state index is 9.33. The highest BCUT2D eigenvalue weighted by atomic mass is 16.5. The van der Waals surface area contributed by atoms with Crippen molar-refractivity contribution in [3.05, 3.63) is 11.4 Å². The molecule has 0 aliphatic heterocycles. The fourth-order valence-corrected chi connectivity index (χ4v) is 1.98. The van der Waals surface area contributed by atoms with Crippen LogP contribution in [0.15, 0.2) is 0 Å². The summed E-state index contributed by atoms with van der Waals surface area (Å²) < 4.78 is 5.07. The van der Waals surface area contributed by atoms with E-state index in [1.165, 1.54) is 0 Å². The Morgan fingerprint density at radius 1 is 1.37 bits per heavy atom. The molecule has 1 saturated carbocycles. The Balaban J connectivity index is 2.24. The molecule has 1 fully saturated rings. The van der Waals surface area contributed by atoms with E-state index in [0.29, 0.717) is 12.5 Å². The van der Waals surface area contributed by atoms with E-state index >= 15 is 0 Å². The Bertz CT molecular complexity index is 435. The van der Waals surface area contributed by atoms with Crippen molar-refractivity contribution in [2.45, 2.75) is 31.7 Å². The van der Waals surface area contributed by atoms with Crippen LogP contribution in [0.2, 0.25) is 0 Å². The minimum atomic E-state index is -0.157. The third-order valence-corrected chi connectivity index (χ3v) is 3.27. The van der Waals surface area contributed by atoms with Crippen LogP contribution in [0.5, 0.6) is 0 Å². The molecule has 0 spiro atoms. The Kier molecular flexibility index (Phi) is 4.55. The Labute approximate surface area is 113 Å². The maximum absolute atomic E-state index is 9.33. The monoisotopic (exact) mass is 266 g/mol. The predicted octanol–water partition coefficient (Wildman–Crippen LogP) is 1.12. The lowest BCUT2D eigenvalue weighted by atomic mass is 10.2. The lowest BCUT2D eigenvalue weighted by Gasteiger charge is -2.19. The molecule has 6 heteroatoms. The first-order valence-corrected chi connectivity index (χ1v) is 6.62. The van der Waals surface area contributed by atoms with E-state index in [2.05, 4.69) is 20.6 Å². The van der Waals surface area contributed by atoms with E-state index in [4.69, 9.17) is 4.74 Å². The van der Waals surface area contributed by atoms with Gasteiger partial charge in [0.25, 0.3) is 0 Å². The highest BCUT2D eigenvalue weighted by Gasteiger charge is 2.28. The second kappa shape index (κ2) is 6.16. The molecule has 0 amide bonds. The molecule has 19 heavy (non-hydrogen) atoms. The van der Waals surface area contributed by atoms with Crippen molar-refractivity contribution in [1.29, 1.82) is 0 Å². The molecule has 0 radical (unpaired) electrons. The fourth-order valence-electron chi connectivity index (χ4n) is 1.98. The van der Waals surface area contributed by atoms with E-state index in [1.54, 1.807) is 7.11 Å². The van der Waals surface area contributed by atoms with E-state index in [-0.39, 0.29) is 12.6 Å². The number of ether oxygens (including phenoxy) is 1. The zero-order valence-electron chi connectivity index (χ0n) is 11.7. The van der Waals surface area contributed by atoms with Gasteiger partial charge < -0.3 is 20.5 Å². The first-order chi connectivity index (χ1) is 9.19. The number of hydrogen-bond donors (Lipinski definition) is 3. The van der Waals surface area contributed by atoms with Gasteiger partial charge in [-0.15, -0.1) is 0 Å². The van der Waals surface area contributed by atoms with Gasteiger partial charge in [0.05, 0.1) is 19.3 Å². The minimum Gasteiger partial charge on any atom is -0.394 e. The number of nitrogens with one attached hydrogen (secondary N) is 2. The van der Waals surface area contributed by atoms with Gasteiger partial charge in [0.15, 0.2) is 0 Å². The number of hydrogen-bond acceptors (Lipinski definition) is 6. The number of methoxy groups -OCH3 is 1. The van der Waals surface area contributed by atoms with Crippen molar-refractivity contribution < 1.29 is 9.84 Å². The van der Waals surface area contributed by atoms with Crippen molar-refractivity contribution in [3.8, 4) is 0 Å². The second-order valence-corrected chi connectivity index (χ2v) is 4.91. The molecule has 1 aliphatic rings. The molecule has 1 aromatic heterocycles. The summed E-state index contributed by atoms with van der Waals surface area (Å²) in [6.45, 7) is 2.41. The molecule has 1 unspecified atom stereocenters. The number of rotatable bonds is 7. The molecule has 0 saturated heterocycles. The van der Waals surface area contributed by atoms with Crippen molar-refractivity contribution in [2.75, 3.05) is 38.0 Å². The molecule has 2 rings (SSSR count). The average Bonchev–Trinajstić information content (AvgIpc) is 3.24. The van der Waals surface area contributed by atoms with Gasteiger partial charge in [0.2, 0.25) is 0 Å². The first kappa shape index (κ1) is 14.0. The van der Waals surface area contributed by atoms with E-state index in [9.17, 15) is 5.11 Å². The zero-order chi connectivity index (χ0) is 13.8. The van der Waals surface area contributed by atoms with Crippen LogP contribution >= 0.6 is 0 Å². The maximum Gasteiger partial charge on any atom is 0.136 e. The molecule has 1 aromatic rings. The molecule has 0 aromatic carbocycles. The standard InChI is InChI=1S/C13H22N4O2/c1-8-11(14-2)16-13(9-4-5-9)17-12(8)15-10(6-18)7-19-3/h9-10,18H,4-7H2,1-3H3,(H2,14,15,16,17). The molecule has 1 heterocycles. The van der Waals surface area contributed by atoms with Crippen LogP contribution in [0.3, 0.4) is 0 Å². The highest BCUT2D eigenvalue weighted by Crippen LogP contribution is 2.39. The molecule has 1 atom stereocenters. The molecule has 106 valence electrons. The van der Waals surface area contributed by atoms with Crippen LogP contribution in [-0.2, 0) is 4.74 Å². The van der Waals surface area contributed by atoms with Crippen molar-refractivity contribution >= 4 is 11.6 Å². The van der Waals surface area contributed by atoms with Crippen LogP contribution in [0.25, 0.3) is 0 Å². The molecule has 0 bridgehead atoms. The summed E-state index contributed by atoms with van der Waals surface area (Å²) in [5, 5.41) is 15.7. The van der Waals surface area contributed by atoms with E-state index in [1.807, 2.05) is 14.0 Å². The minimum absolute atomic E-state index is 0.00489. The average molecular weight is 266 g/mol. The second-order valence-electron chi connectivity index (χ2n) is 4.91. The summed E-state index contributed by atoms with van der Waals surface area (Å²) in [4.78, 5) is 9.12. The fraction of sp³-hybridized carbons (Fsp3) is 0.692. The quantitative estimate of drug-likeness (QED) is 0.686. The van der Waals surface area contributed by atoms with Gasteiger partial charge in [0, 0.05) is 25.6 Å². The Morgan fingerprint density at radius 3 is 2.58 bits per heavy atom. The van der Waals surface area contributed by atoms with E-state index in [0.717, 1.165) is 35.9 Å². The summed E-state index contributed by atoms with van der Waals surface area (Å²) in [6, 6.07) is -0.157. The molecular weight excluding hydrogens is 244 g/mol. The topological polar surface area (TPSA) is 79.3 Å². The Hall–Kier alpha value is -1.40. The third kappa shape index (κ3) is 3.33. The molecule has 3 N–H and O–H groups in total. The van der Waals surface area contributed by atoms with Crippen molar-refractivity contribution in [3.63, 3.8) is 0 Å². The van der Waals surface area contributed by atoms with Crippen LogP contribution in [0.1, 0.15) is 30.1 Å². The normalized spacial score (nSPS) is 16.2. The number of anilines is 2. The number of nitrogens with zero attached hydrogens (tertiary/aromatic N) is 2. The van der Waals surface area contributed by atoms with Crippen LogP contribution < -0.4 is 10.6 Å². The van der Waals surface area contributed by atoms with Gasteiger partial charge in [-0.3, -0.25) is 0 Å². The Morgan fingerprint density at radius 2 is 2.05 bits per heavy atom. The molecule has 6 nitrogen and oxygen atoms in total. The van der Waals surface area contributed by atoms with Gasteiger partial charge in [-0.05, 0) is 19.8 Å². The predicted molar refractivity (Wildman–Crippen MR) is 74.7 cm³/mol. The number of aliphatic hydroxyl groups excluding tert-OH is 1. The van der Waals surface area contributed by atoms with Crippen LogP contribution in [0, 0.1) is 6.92 Å². The van der Waals surface area contributed by atoms with Gasteiger partial charge >= 0.3 is 0 Å². The summed E-state index contributed by atoms with van der Waals surface area (Å²) >= 11 is 0. The summed E-state index contributed by atoms with van der Waals surface area (Å²) in [5.74, 6) is 2.99. The van der Waals surface area contributed by atoms with Crippen LogP contribution in [-0.4, -0.2) is 48.5 Å². The van der Waals surface area contributed by atoms with Crippen molar-refractivity contribution in [2.24, 2.45) is 0 Å². The largest absolute Gasteiger partial charge is 0.394 e. The zero-order valence-corrected chi connectivity index (χ0v) is 11.7. The summed E-state index contributed by atoms with van der Waals surface area (Å²) in [6.07, 6.45) is 2.32.